The topological polar surface area (TPSA) is 84.7 Å². The van der Waals surface area contributed by atoms with E-state index in [2.05, 4.69) is 10.3 Å². The van der Waals surface area contributed by atoms with Crippen LogP contribution in [0.25, 0.3) is 0 Å². The van der Waals surface area contributed by atoms with Crippen molar-refractivity contribution in [3.63, 3.8) is 0 Å². The van der Waals surface area contributed by atoms with Crippen LogP contribution in [0, 0.1) is 11.7 Å². The van der Waals surface area contributed by atoms with Crippen LogP contribution in [0.3, 0.4) is 0 Å². The lowest BCUT2D eigenvalue weighted by atomic mass is 9.87. The molecule has 2 amide bonds. The number of aromatic nitrogens is 1. The van der Waals surface area contributed by atoms with Gasteiger partial charge in [0, 0.05) is 19.0 Å². The first-order valence-corrected chi connectivity index (χ1v) is 11.4. The van der Waals surface area contributed by atoms with E-state index in [0.29, 0.717) is 18.8 Å². The van der Waals surface area contributed by atoms with Gasteiger partial charge in [-0.3, -0.25) is 9.59 Å². The summed E-state index contributed by atoms with van der Waals surface area (Å²) in [4.78, 5) is 30.9. The second-order valence-corrected chi connectivity index (χ2v) is 8.53. The molecule has 178 valence electrons. The van der Waals surface area contributed by atoms with Gasteiger partial charge in [-0.15, -0.1) is 0 Å². The van der Waals surface area contributed by atoms with Crippen LogP contribution < -0.4 is 10.1 Å². The zero-order chi connectivity index (χ0) is 24.2. The molecule has 0 radical (unpaired) electrons. The largest absolute Gasteiger partial charge is 0.484 e. The summed E-state index contributed by atoms with van der Waals surface area (Å²) in [5, 5.41) is 2.67. The summed E-state index contributed by atoms with van der Waals surface area (Å²) in [6, 6.07) is 11.7. The molecule has 0 spiro atoms. The smallest absolute Gasteiger partial charge is 0.273 e. The summed E-state index contributed by atoms with van der Waals surface area (Å²) < 4.78 is 24.9. The molecule has 1 aromatic heterocycles. The molecule has 0 saturated heterocycles. The highest BCUT2D eigenvalue weighted by Crippen LogP contribution is 2.38. The van der Waals surface area contributed by atoms with E-state index in [9.17, 15) is 14.0 Å². The van der Waals surface area contributed by atoms with Gasteiger partial charge in [0.15, 0.2) is 12.3 Å². The third kappa shape index (κ3) is 4.95. The van der Waals surface area contributed by atoms with Crippen molar-refractivity contribution in [3.8, 4) is 5.75 Å². The normalized spacial score (nSPS) is 15.2. The van der Waals surface area contributed by atoms with E-state index in [1.54, 1.807) is 12.1 Å². The van der Waals surface area contributed by atoms with Gasteiger partial charge in [0.2, 0.25) is 11.8 Å². The number of hydrogen-bond donors (Lipinski definition) is 1. The Hall–Kier alpha value is -3.68. The van der Waals surface area contributed by atoms with Gasteiger partial charge in [0.05, 0.1) is 6.04 Å². The highest BCUT2D eigenvalue weighted by molar-refractivity contribution is 5.91. The van der Waals surface area contributed by atoms with Crippen LogP contribution in [-0.2, 0) is 17.8 Å². The van der Waals surface area contributed by atoms with Gasteiger partial charge < -0.3 is 19.4 Å². The zero-order valence-corrected chi connectivity index (χ0v) is 19.5. The molecular formula is C26H28FN3O4. The van der Waals surface area contributed by atoms with Crippen molar-refractivity contribution in [2.45, 2.75) is 39.8 Å². The number of nitrogens with one attached hydrogen (secondary N) is 1. The summed E-state index contributed by atoms with van der Waals surface area (Å²) in [7, 11) is 0. The Morgan fingerprint density at radius 1 is 1.24 bits per heavy atom. The summed E-state index contributed by atoms with van der Waals surface area (Å²) >= 11 is 0. The predicted molar refractivity (Wildman–Crippen MR) is 124 cm³/mol. The summed E-state index contributed by atoms with van der Waals surface area (Å²) in [6.07, 6.45) is 2.03. The molecule has 0 fully saturated rings. The lowest BCUT2D eigenvalue weighted by Crippen LogP contribution is -2.42. The fourth-order valence-corrected chi connectivity index (χ4v) is 4.13. The number of amides is 2. The average molecular weight is 466 g/mol. The van der Waals surface area contributed by atoms with E-state index in [1.165, 1.54) is 18.4 Å². The Morgan fingerprint density at radius 2 is 2.00 bits per heavy atom. The van der Waals surface area contributed by atoms with E-state index >= 15 is 0 Å². The molecule has 7 nitrogen and oxygen atoms in total. The number of benzene rings is 2. The van der Waals surface area contributed by atoms with Gasteiger partial charge in [-0.2, -0.15) is 0 Å². The fraction of sp³-hybridized carbons (Fsp3) is 0.346. The number of fused-ring (bicyclic) bond motifs is 1. The summed E-state index contributed by atoms with van der Waals surface area (Å²) in [5.41, 5.74) is 3.10. The van der Waals surface area contributed by atoms with Crippen LogP contribution in [-0.4, -0.2) is 34.8 Å². The van der Waals surface area contributed by atoms with Crippen LogP contribution in [0.2, 0.25) is 0 Å². The molecule has 1 unspecified atom stereocenters. The maximum atomic E-state index is 13.6. The molecule has 3 aromatic rings. The van der Waals surface area contributed by atoms with Crippen LogP contribution >= 0.6 is 0 Å². The number of ether oxygens (including phenoxy) is 1. The second kappa shape index (κ2) is 10.1. The summed E-state index contributed by atoms with van der Waals surface area (Å²) in [5.74, 6) is 0.130. The van der Waals surface area contributed by atoms with Crippen molar-refractivity contribution in [2.24, 2.45) is 5.92 Å². The molecule has 0 saturated carbocycles. The van der Waals surface area contributed by atoms with Gasteiger partial charge >= 0.3 is 0 Å². The molecule has 2 heterocycles. The van der Waals surface area contributed by atoms with Gasteiger partial charge in [-0.05, 0) is 54.3 Å². The van der Waals surface area contributed by atoms with Gasteiger partial charge in [0.1, 0.15) is 17.8 Å². The Morgan fingerprint density at radius 3 is 2.71 bits per heavy atom. The minimum Gasteiger partial charge on any atom is -0.484 e. The molecular weight excluding hydrogens is 437 g/mol. The number of hydrogen-bond acceptors (Lipinski definition) is 5. The highest BCUT2D eigenvalue weighted by Gasteiger charge is 2.33. The van der Waals surface area contributed by atoms with Crippen molar-refractivity contribution in [3.05, 3.63) is 82.8 Å². The number of halogens is 1. The number of oxazole rings is 1. The molecule has 34 heavy (non-hydrogen) atoms. The molecule has 1 atom stereocenters. The third-order valence-electron chi connectivity index (χ3n) is 5.79. The molecule has 0 aliphatic carbocycles. The Bertz CT molecular complexity index is 1170. The minimum atomic E-state index is -0.339. The van der Waals surface area contributed by atoms with E-state index in [0.717, 1.165) is 23.1 Å². The van der Waals surface area contributed by atoms with Gasteiger partial charge in [0.25, 0.3) is 5.91 Å². The molecule has 8 heteroatoms. The molecule has 4 rings (SSSR count). The molecule has 0 bridgehead atoms. The first-order chi connectivity index (χ1) is 16.4. The van der Waals surface area contributed by atoms with Crippen molar-refractivity contribution in [1.82, 2.24) is 15.2 Å². The second-order valence-electron chi connectivity index (χ2n) is 8.53. The van der Waals surface area contributed by atoms with E-state index < -0.39 is 0 Å². The highest BCUT2D eigenvalue weighted by atomic mass is 19.1. The monoisotopic (exact) mass is 465 g/mol. The molecule has 2 aromatic carbocycles. The van der Waals surface area contributed by atoms with E-state index in [-0.39, 0.29) is 47.8 Å². The average Bonchev–Trinajstić information content (AvgIpc) is 3.31. The van der Waals surface area contributed by atoms with Gasteiger partial charge in [-0.25, -0.2) is 9.37 Å². The van der Waals surface area contributed by atoms with Crippen LogP contribution in [0.15, 0.2) is 53.1 Å². The van der Waals surface area contributed by atoms with Crippen molar-refractivity contribution in [1.29, 1.82) is 0 Å². The molecule has 1 N–H and O–H groups in total. The Kier molecular flexibility index (Phi) is 6.95. The van der Waals surface area contributed by atoms with E-state index in [4.69, 9.17) is 9.15 Å². The minimum absolute atomic E-state index is 0.0453. The number of carbonyl (C=O) groups excluding carboxylic acids is 2. The van der Waals surface area contributed by atoms with Crippen molar-refractivity contribution in [2.75, 3.05) is 13.1 Å². The lowest BCUT2D eigenvalue weighted by molar-refractivity contribution is -0.136. The van der Waals surface area contributed by atoms with Crippen LogP contribution in [0.1, 0.15) is 59.9 Å². The molecule has 1 aliphatic rings. The van der Waals surface area contributed by atoms with Crippen molar-refractivity contribution < 1.29 is 23.1 Å². The standard InChI is InChI=1S/C26H28FN3O4/c1-4-28-25(31)22-14-34-23(29-22)15-33-20-10-7-17-11-12-30(26(32)16(2)3)24(21(17)13-20)18-5-8-19(27)9-6-18/h5-10,13-14,16,24H,4,11-12,15H2,1-3H3,(H,28,31). The lowest BCUT2D eigenvalue weighted by Gasteiger charge is -2.39. The third-order valence-corrected chi connectivity index (χ3v) is 5.79. The number of carbonyl (C=O) groups is 2. The van der Waals surface area contributed by atoms with Crippen LogP contribution in [0.5, 0.6) is 5.75 Å². The maximum Gasteiger partial charge on any atom is 0.273 e. The summed E-state index contributed by atoms with van der Waals surface area (Å²) in [6.45, 7) is 6.72. The molecule has 1 aliphatic heterocycles. The Balaban J connectivity index is 1.60. The quantitative estimate of drug-likeness (QED) is 0.563. The Labute approximate surface area is 197 Å². The van der Waals surface area contributed by atoms with Crippen molar-refractivity contribution >= 4 is 11.8 Å². The predicted octanol–water partition coefficient (Wildman–Crippen LogP) is 4.27. The SMILES string of the molecule is CCNC(=O)c1coc(COc2ccc3c(c2)C(c2ccc(F)cc2)N(C(=O)C(C)C)CC3)n1. The number of rotatable bonds is 7. The zero-order valence-electron chi connectivity index (χ0n) is 19.5. The van der Waals surface area contributed by atoms with Crippen LogP contribution in [0.4, 0.5) is 4.39 Å². The first kappa shape index (κ1) is 23.5. The maximum absolute atomic E-state index is 13.6. The fourth-order valence-electron chi connectivity index (χ4n) is 4.13. The van der Waals surface area contributed by atoms with Gasteiger partial charge in [-0.1, -0.05) is 32.0 Å². The van der Waals surface area contributed by atoms with E-state index in [1.807, 2.05) is 43.9 Å². The number of nitrogens with zero attached hydrogens (tertiary/aromatic N) is 2. The first-order valence-electron chi connectivity index (χ1n) is 11.4.